The minimum atomic E-state index is -0.202. The third-order valence-electron chi connectivity index (χ3n) is 1.66. The number of hydrogen-bond acceptors (Lipinski definition) is 5. The third-order valence-corrected chi connectivity index (χ3v) is 2.81. The monoisotopic (exact) mass is 215 g/mol. The highest BCUT2D eigenvalue weighted by molar-refractivity contribution is 7.99. The summed E-state index contributed by atoms with van der Waals surface area (Å²) in [6, 6.07) is 0. The predicted molar refractivity (Wildman–Crippen MR) is 53.0 cm³/mol. The number of rotatable bonds is 4. The molecule has 0 saturated heterocycles. The van der Waals surface area contributed by atoms with E-state index in [1.165, 1.54) is 25.2 Å². The zero-order chi connectivity index (χ0) is 10.6. The highest BCUT2D eigenvalue weighted by atomic mass is 32.2. The number of aromatic nitrogens is 3. The number of aryl methyl sites for hydroxylation is 1. The fourth-order valence-corrected chi connectivity index (χ4v) is 1.82. The fraction of sp³-hybridized carbons (Fsp3) is 0.625. The van der Waals surface area contributed by atoms with Crippen molar-refractivity contribution < 1.29 is 9.53 Å². The lowest BCUT2D eigenvalue weighted by Crippen LogP contribution is -2.09. The standard InChI is InChI=1S/C8H13N3O2S/c1-6(4-7(12)13-3)14-8-9-5-10-11(8)2/h5-6H,4H2,1-3H3. The van der Waals surface area contributed by atoms with Crippen LogP contribution in [0.2, 0.25) is 0 Å². The molecule has 0 aliphatic heterocycles. The number of hydrogen-bond donors (Lipinski definition) is 0. The molecule has 1 rings (SSSR count). The molecule has 0 bridgehead atoms. The van der Waals surface area contributed by atoms with Crippen LogP contribution in [-0.2, 0) is 16.6 Å². The van der Waals surface area contributed by atoms with Crippen molar-refractivity contribution in [3.63, 3.8) is 0 Å². The Hall–Kier alpha value is -1.04. The zero-order valence-electron chi connectivity index (χ0n) is 8.43. The number of carbonyl (C=O) groups is 1. The summed E-state index contributed by atoms with van der Waals surface area (Å²) in [5, 5.41) is 4.89. The molecule has 0 radical (unpaired) electrons. The zero-order valence-corrected chi connectivity index (χ0v) is 9.24. The van der Waals surface area contributed by atoms with Gasteiger partial charge in [0.25, 0.3) is 0 Å². The number of thioether (sulfide) groups is 1. The summed E-state index contributed by atoms with van der Waals surface area (Å²) in [7, 11) is 3.21. The van der Waals surface area contributed by atoms with Crippen molar-refractivity contribution >= 4 is 17.7 Å². The van der Waals surface area contributed by atoms with Gasteiger partial charge in [-0.3, -0.25) is 4.79 Å². The Balaban J connectivity index is 2.45. The van der Waals surface area contributed by atoms with E-state index in [1.54, 1.807) is 4.68 Å². The summed E-state index contributed by atoms with van der Waals surface area (Å²) in [4.78, 5) is 15.0. The number of carbonyl (C=O) groups excluding carboxylic acids is 1. The first-order valence-electron chi connectivity index (χ1n) is 4.21. The maximum Gasteiger partial charge on any atom is 0.306 e. The second-order valence-electron chi connectivity index (χ2n) is 2.87. The van der Waals surface area contributed by atoms with E-state index in [-0.39, 0.29) is 11.2 Å². The fourth-order valence-electron chi connectivity index (χ4n) is 0.932. The minimum absolute atomic E-state index is 0.144. The third kappa shape index (κ3) is 3.02. The normalized spacial score (nSPS) is 12.5. The van der Waals surface area contributed by atoms with Crippen molar-refractivity contribution in [3.8, 4) is 0 Å². The Morgan fingerprint density at radius 1 is 1.79 bits per heavy atom. The van der Waals surface area contributed by atoms with Crippen LogP contribution < -0.4 is 0 Å². The summed E-state index contributed by atoms with van der Waals surface area (Å²) in [6.07, 6.45) is 1.88. The van der Waals surface area contributed by atoms with E-state index in [1.807, 2.05) is 14.0 Å². The van der Waals surface area contributed by atoms with Crippen LogP contribution in [-0.4, -0.2) is 33.1 Å². The maximum atomic E-state index is 11.0. The first kappa shape index (κ1) is 11.0. The lowest BCUT2D eigenvalue weighted by molar-refractivity contribution is -0.140. The van der Waals surface area contributed by atoms with Crippen molar-refractivity contribution in [1.82, 2.24) is 14.8 Å². The second-order valence-corrected chi connectivity index (χ2v) is 4.28. The predicted octanol–water partition coefficient (Wildman–Crippen LogP) is 0.859. The summed E-state index contributed by atoms with van der Waals surface area (Å²) in [5.41, 5.74) is 0. The minimum Gasteiger partial charge on any atom is -0.469 e. The van der Waals surface area contributed by atoms with E-state index in [9.17, 15) is 4.79 Å². The number of nitrogens with zero attached hydrogens (tertiary/aromatic N) is 3. The first-order valence-corrected chi connectivity index (χ1v) is 5.09. The highest BCUT2D eigenvalue weighted by Crippen LogP contribution is 2.22. The van der Waals surface area contributed by atoms with Gasteiger partial charge in [-0.2, -0.15) is 5.10 Å². The van der Waals surface area contributed by atoms with Gasteiger partial charge in [0, 0.05) is 12.3 Å². The highest BCUT2D eigenvalue weighted by Gasteiger charge is 2.13. The largest absolute Gasteiger partial charge is 0.469 e. The second kappa shape index (κ2) is 4.99. The Kier molecular flexibility index (Phi) is 3.94. The van der Waals surface area contributed by atoms with E-state index in [4.69, 9.17) is 0 Å². The van der Waals surface area contributed by atoms with Gasteiger partial charge in [0.1, 0.15) is 6.33 Å². The van der Waals surface area contributed by atoms with Crippen LogP contribution in [0.3, 0.4) is 0 Å². The summed E-state index contributed by atoms with van der Waals surface area (Å²) in [6.45, 7) is 1.95. The first-order chi connectivity index (χ1) is 6.63. The summed E-state index contributed by atoms with van der Waals surface area (Å²) < 4.78 is 6.25. The average molecular weight is 215 g/mol. The molecule has 5 nitrogen and oxygen atoms in total. The van der Waals surface area contributed by atoms with Gasteiger partial charge in [0.05, 0.1) is 13.5 Å². The Labute approximate surface area is 86.8 Å². The van der Waals surface area contributed by atoms with Gasteiger partial charge in [-0.1, -0.05) is 18.7 Å². The molecule has 0 aliphatic rings. The molecule has 0 aromatic carbocycles. The maximum absolute atomic E-state index is 11.0. The molecule has 0 spiro atoms. The molecule has 14 heavy (non-hydrogen) atoms. The molecule has 1 aromatic rings. The number of esters is 1. The van der Waals surface area contributed by atoms with Crippen LogP contribution in [0.5, 0.6) is 0 Å². The summed E-state index contributed by atoms with van der Waals surface area (Å²) >= 11 is 1.51. The van der Waals surface area contributed by atoms with Gasteiger partial charge < -0.3 is 4.74 Å². The van der Waals surface area contributed by atoms with Crippen molar-refractivity contribution in [2.24, 2.45) is 7.05 Å². The van der Waals surface area contributed by atoms with Gasteiger partial charge >= 0.3 is 5.97 Å². The Bertz CT molecular complexity index is 313. The van der Waals surface area contributed by atoms with Crippen LogP contribution in [0.15, 0.2) is 11.5 Å². The smallest absolute Gasteiger partial charge is 0.306 e. The van der Waals surface area contributed by atoms with Gasteiger partial charge in [-0.25, -0.2) is 9.67 Å². The van der Waals surface area contributed by atoms with E-state index in [2.05, 4.69) is 14.8 Å². The van der Waals surface area contributed by atoms with Gasteiger partial charge in [0.15, 0.2) is 5.16 Å². The van der Waals surface area contributed by atoms with E-state index in [0.29, 0.717) is 6.42 Å². The van der Waals surface area contributed by atoms with Crippen molar-refractivity contribution in [3.05, 3.63) is 6.33 Å². The van der Waals surface area contributed by atoms with Crippen molar-refractivity contribution in [2.45, 2.75) is 23.8 Å². The van der Waals surface area contributed by atoms with Gasteiger partial charge in [-0.05, 0) is 0 Å². The molecule has 1 atom stereocenters. The van der Waals surface area contributed by atoms with Crippen LogP contribution in [0, 0.1) is 0 Å². The van der Waals surface area contributed by atoms with Crippen LogP contribution in [0.4, 0.5) is 0 Å². The molecule has 1 heterocycles. The number of methoxy groups -OCH3 is 1. The lowest BCUT2D eigenvalue weighted by Gasteiger charge is -2.07. The molecule has 0 amide bonds. The van der Waals surface area contributed by atoms with Crippen molar-refractivity contribution in [1.29, 1.82) is 0 Å². The molecule has 0 aliphatic carbocycles. The number of ether oxygens (including phenoxy) is 1. The Morgan fingerprint density at radius 3 is 3.00 bits per heavy atom. The summed E-state index contributed by atoms with van der Waals surface area (Å²) in [5.74, 6) is -0.202. The topological polar surface area (TPSA) is 57.0 Å². The van der Waals surface area contributed by atoms with Gasteiger partial charge in [0.2, 0.25) is 0 Å². The van der Waals surface area contributed by atoms with Crippen LogP contribution >= 0.6 is 11.8 Å². The van der Waals surface area contributed by atoms with Crippen molar-refractivity contribution in [2.75, 3.05) is 7.11 Å². The molecule has 6 heteroatoms. The van der Waals surface area contributed by atoms with Crippen LogP contribution in [0.1, 0.15) is 13.3 Å². The molecular formula is C8H13N3O2S. The lowest BCUT2D eigenvalue weighted by atomic mass is 10.3. The van der Waals surface area contributed by atoms with E-state index >= 15 is 0 Å². The quantitative estimate of drug-likeness (QED) is 0.550. The molecule has 1 aromatic heterocycles. The van der Waals surface area contributed by atoms with E-state index < -0.39 is 0 Å². The van der Waals surface area contributed by atoms with Gasteiger partial charge in [-0.15, -0.1) is 0 Å². The molecular weight excluding hydrogens is 202 g/mol. The molecule has 0 fully saturated rings. The van der Waals surface area contributed by atoms with E-state index in [0.717, 1.165) is 5.16 Å². The average Bonchev–Trinajstić information content (AvgIpc) is 2.51. The SMILES string of the molecule is COC(=O)CC(C)Sc1ncnn1C. The molecule has 1 unspecified atom stereocenters. The molecule has 0 N–H and O–H groups in total. The van der Waals surface area contributed by atoms with Crippen LogP contribution in [0.25, 0.3) is 0 Å². The molecule has 0 saturated carbocycles. The molecule has 78 valence electrons. The Morgan fingerprint density at radius 2 is 2.50 bits per heavy atom.